The Morgan fingerprint density at radius 3 is 2.50 bits per heavy atom. The highest BCUT2D eigenvalue weighted by molar-refractivity contribution is 4.96. The lowest BCUT2D eigenvalue weighted by Gasteiger charge is -2.42. The maximum absolute atomic E-state index is 5.74. The summed E-state index contributed by atoms with van der Waals surface area (Å²) in [5, 5.41) is 3.63. The fourth-order valence-corrected chi connectivity index (χ4v) is 2.00. The Morgan fingerprint density at radius 1 is 1.33 bits per heavy atom. The molecule has 12 heavy (non-hydrogen) atoms. The zero-order valence-electron chi connectivity index (χ0n) is 7.81. The molecule has 0 radical (unpaired) electrons. The Bertz CT molecular complexity index is 142. The van der Waals surface area contributed by atoms with Crippen molar-refractivity contribution in [2.75, 3.05) is 13.1 Å². The van der Waals surface area contributed by atoms with Gasteiger partial charge in [0.2, 0.25) is 0 Å². The first-order chi connectivity index (χ1) is 5.85. The van der Waals surface area contributed by atoms with Crippen LogP contribution in [0.3, 0.4) is 0 Å². The molecule has 70 valence electrons. The normalized spacial score (nSPS) is 26.8. The zero-order valence-corrected chi connectivity index (χ0v) is 7.81. The second-order valence-electron chi connectivity index (χ2n) is 4.50. The van der Waals surface area contributed by atoms with E-state index in [0.717, 1.165) is 12.5 Å². The molecule has 2 aliphatic rings. The Labute approximate surface area is 74.9 Å². The third kappa shape index (κ3) is 1.80. The van der Waals surface area contributed by atoms with Gasteiger partial charge in [-0.1, -0.05) is 12.8 Å². The summed E-state index contributed by atoms with van der Waals surface area (Å²) in [6.45, 7) is 2.03. The van der Waals surface area contributed by atoms with Gasteiger partial charge < -0.3 is 11.1 Å². The lowest BCUT2D eigenvalue weighted by atomic mass is 9.77. The van der Waals surface area contributed by atoms with Crippen molar-refractivity contribution in [1.29, 1.82) is 0 Å². The van der Waals surface area contributed by atoms with Crippen molar-refractivity contribution in [2.45, 2.75) is 44.1 Å². The molecule has 2 rings (SSSR count). The first-order valence-electron chi connectivity index (χ1n) is 5.30. The average molecular weight is 168 g/mol. The van der Waals surface area contributed by atoms with Crippen LogP contribution in [0.4, 0.5) is 0 Å². The van der Waals surface area contributed by atoms with Gasteiger partial charge >= 0.3 is 0 Å². The lowest BCUT2D eigenvalue weighted by molar-refractivity contribution is 0.192. The van der Waals surface area contributed by atoms with Crippen LogP contribution < -0.4 is 11.1 Å². The van der Waals surface area contributed by atoms with Crippen LogP contribution in [0.25, 0.3) is 0 Å². The van der Waals surface area contributed by atoms with Crippen LogP contribution in [0.2, 0.25) is 0 Å². The van der Waals surface area contributed by atoms with Crippen molar-refractivity contribution in [1.82, 2.24) is 5.32 Å². The number of nitrogens with two attached hydrogens (primary N) is 1. The van der Waals surface area contributed by atoms with Gasteiger partial charge in [-0.05, 0) is 38.1 Å². The first-order valence-corrected chi connectivity index (χ1v) is 5.30. The molecule has 0 aliphatic heterocycles. The van der Waals surface area contributed by atoms with Crippen molar-refractivity contribution in [3.05, 3.63) is 0 Å². The highest BCUT2D eigenvalue weighted by atomic mass is 15.0. The number of hydrogen-bond acceptors (Lipinski definition) is 2. The summed E-state index contributed by atoms with van der Waals surface area (Å²) < 4.78 is 0. The van der Waals surface area contributed by atoms with Crippen LogP contribution in [0.5, 0.6) is 0 Å². The molecule has 0 aromatic rings. The summed E-state index contributed by atoms with van der Waals surface area (Å²) in [7, 11) is 0. The minimum Gasteiger partial charge on any atom is -0.329 e. The minimum absolute atomic E-state index is 0.356. The molecule has 0 heterocycles. The number of nitrogens with one attached hydrogen (secondary N) is 1. The van der Waals surface area contributed by atoms with Gasteiger partial charge in [-0.25, -0.2) is 0 Å². The van der Waals surface area contributed by atoms with E-state index in [9.17, 15) is 0 Å². The molecule has 0 amide bonds. The Morgan fingerprint density at radius 2 is 2.08 bits per heavy atom. The number of hydrogen-bond donors (Lipinski definition) is 2. The summed E-state index contributed by atoms with van der Waals surface area (Å²) in [5.74, 6) is 1.05. The highest BCUT2D eigenvalue weighted by Crippen LogP contribution is 2.34. The molecule has 3 N–H and O–H groups in total. The predicted octanol–water partition coefficient (Wildman–Crippen LogP) is 1.26. The third-order valence-electron chi connectivity index (χ3n) is 3.45. The van der Waals surface area contributed by atoms with Gasteiger partial charge in [0, 0.05) is 12.1 Å². The molecule has 0 aromatic heterocycles. The van der Waals surface area contributed by atoms with Gasteiger partial charge in [0.05, 0.1) is 0 Å². The van der Waals surface area contributed by atoms with Crippen molar-refractivity contribution in [2.24, 2.45) is 11.7 Å². The fourth-order valence-electron chi connectivity index (χ4n) is 2.00. The van der Waals surface area contributed by atoms with E-state index in [1.165, 1.54) is 45.1 Å². The molecule has 0 saturated heterocycles. The quantitative estimate of drug-likeness (QED) is 0.648. The van der Waals surface area contributed by atoms with Gasteiger partial charge in [-0.2, -0.15) is 0 Å². The van der Waals surface area contributed by atoms with Gasteiger partial charge in [-0.15, -0.1) is 0 Å². The van der Waals surface area contributed by atoms with Gasteiger partial charge in [0.1, 0.15) is 0 Å². The summed E-state index contributed by atoms with van der Waals surface area (Å²) >= 11 is 0. The molecule has 0 unspecified atom stereocenters. The highest BCUT2D eigenvalue weighted by Gasteiger charge is 2.35. The lowest BCUT2D eigenvalue weighted by Crippen LogP contribution is -2.56. The van der Waals surface area contributed by atoms with E-state index in [-0.39, 0.29) is 0 Å². The molecule has 0 atom stereocenters. The van der Waals surface area contributed by atoms with E-state index >= 15 is 0 Å². The minimum atomic E-state index is 0.356. The SMILES string of the molecule is NCC1(NCCC2CC2)CCC1. The van der Waals surface area contributed by atoms with E-state index in [2.05, 4.69) is 5.32 Å². The van der Waals surface area contributed by atoms with Crippen LogP contribution in [0.1, 0.15) is 38.5 Å². The van der Waals surface area contributed by atoms with E-state index in [4.69, 9.17) is 5.73 Å². The molecular formula is C10H20N2. The van der Waals surface area contributed by atoms with Crippen molar-refractivity contribution < 1.29 is 0 Å². The molecule has 2 nitrogen and oxygen atoms in total. The van der Waals surface area contributed by atoms with E-state index in [1.54, 1.807) is 0 Å². The second kappa shape index (κ2) is 3.35. The van der Waals surface area contributed by atoms with Gasteiger partial charge in [-0.3, -0.25) is 0 Å². The van der Waals surface area contributed by atoms with Crippen LogP contribution in [-0.2, 0) is 0 Å². The first kappa shape index (κ1) is 8.52. The largest absolute Gasteiger partial charge is 0.329 e. The zero-order chi connectivity index (χ0) is 8.44. The third-order valence-corrected chi connectivity index (χ3v) is 3.45. The standard InChI is InChI=1S/C10H20N2/c11-8-10(5-1-6-10)12-7-4-9-2-3-9/h9,12H,1-8,11H2. The van der Waals surface area contributed by atoms with Gasteiger partial charge in [0.15, 0.2) is 0 Å². The number of rotatable bonds is 5. The van der Waals surface area contributed by atoms with Crippen molar-refractivity contribution >= 4 is 0 Å². The second-order valence-corrected chi connectivity index (χ2v) is 4.50. The average Bonchev–Trinajstić information content (AvgIpc) is 2.78. The monoisotopic (exact) mass is 168 g/mol. The van der Waals surface area contributed by atoms with Crippen LogP contribution in [-0.4, -0.2) is 18.6 Å². The van der Waals surface area contributed by atoms with Crippen LogP contribution in [0.15, 0.2) is 0 Å². The maximum atomic E-state index is 5.74. The van der Waals surface area contributed by atoms with Crippen molar-refractivity contribution in [3.63, 3.8) is 0 Å². The Hall–Kier alpha value is -0.0800. The predicted molar refractivity (Wildman–Crippen MR) is 51.0 cm³/mol. The molecule has 0 bridgehead atoms. The molecule has 0 aromatic carbocycles. The van der Waals surface area contributed by atoms with Crippen LogP contribution in [0, 0.1) is 5.92 Å². The topological polar surface area (TPSA) is 38.0 Å². The maximum Gasteiger partial charge on any atom is 0.0304 e. The summed E-state index contributed by atoms with van der Waals surface area (Å²) in [6, 6.07) is 0. The molecule has 2 heteroatoms. The van der Waals surface area contributed by atoms with Crippen LogP contribution >= 0.6 is 0 Å². The van der Waals surface area contributed by atoms with Crippen molar-refractivity contribution in [3.8, 4) is 0 Å². The Kier molecular flexibility index (Phi) is 2.37. The molecule has 2 saturated carbocycles. The molecule has 2 fully saturated rings. The smallest absolute Gasteiger partial charge is 0.0304 e. The summed E-state index contributed by atoms with van der Waals surface area (Å²) in [4.78, 5) is 0. The molecule has 0 spiro atoms. The van der Waals surface area contributed by atoms with Gasteiger partial charge in [0.25, 0.3) is 0 Å². The summed E-state index contributed by atoms with van der Waals surface area (Å²) in [5.41, 5.74) is 6.09. The molecular weight excluding hydrogens is 148 g/mol. The van der Waals surface area contributed by atoms with E-state index < -0.39 is 0 Å². The Balaban J connectivity index is 1.62. The fraction of sp³-hybridized carbons (Fsp3) is 1.00. The molecule has 2 aliphatic carbocycles. The van der Waals surface area contributed by atoms with E-state index in [1.807, 2.05) is 0 Å². The summed E-state index contributed by atoms with van der Waals surface area (Å²) in [6.07, 6.45) is 8.28. The van der Waals surface area contributed by atoms with E-state index in [0.29, 0.717) is 5.54 Å².